The van der Waals surface area contributed by atoms with Crippen LogP contribution in [0.3, 0.4) is 0 Å². The first kappa shape index (κ1) is 17.7. The molecular weight excluding hydrogens is 292 g/mol. The van der Waals surface area contributed by atoms with Crippen LogP contribution in [0.25, 0.3) is 6.08 Å². The van der Waals surface area contributed by atoms with E-state index in [-0.39, 0.29) is 19.3 Å². The maximum absolute atomic E-state index is 9.26. The summed E-state index contributed by atoms with van der Waals surface area (Å²) in [7, 11) is 0. The zero-order valence-corrected chi connectivity index (χ0v) is 13.8. The summed E-state index contributed by atoms with van der Waals surface area (Å²) < 4.78 is 11.3. The molecule has 0 bridgehead atoms. The van der Waals surface area contributed by atoms with E-state index in [2.05, 4.69) is 19.6 Å². The highest BCUT2D eigenvalue weighted by Crippen LogP contribution is 2.27. The predicted molar refractivity (Wildman–Crippen MR) is 90.8 cm³/mol. The van der Waals surface area contributed by atoms with E-state index in [4.69, 9.17) is 14.3 Å². The molecule has 126 valence electrons. The van der Waals surface area contributed by atoms with Crippen molar-refractivity contribution >= 4 is 6.08 Å². The zero-order chi connectivity index (χ0) is 16.7. The van der Waals surface area contributed by atoms with Gasteiger partial charge in [-0.15, -0.1) is 0 Å². The quantitative estimate of drug-likeness (QED) is 0.730. The Morgan fingerprint density at radius 2 is 2.17 bits per heavy atom. The van der Waals surface area contributed by atoms with Gasteiger partial charge in [-0.25, -0.2) is 0 Å². The van der Waals surface area contributed by atoms with Gasteiger partial charge in [0.2, 0.25) is 0 Å². The van der Waals surface area contributed by atoms with Gasteiger partial charge < -0.3 is 19.4 Å². The van der Waals surface area contributed by atoms with Crippen LogP contribution in [-0.2, 0) is 11.3 Å². The van der Waals surface area contributed by atoms with Crippen molar-refractivity contribution in [2.45, 2.75) is 45.3 Å². The van der Waals surface area contributed by atoms with Gasteiger partial charge in [0.25, 0.3) is 0 Å². The molecule has 0 aliphatic carbocycles. The van der Waals surface area contributed by atoms with Gasteiger partial charge in [0.05, 0.1) is 19.3 Å². The van der Waals surface area contributed by atoms with E-state index in [1.165, 1.54) is 5.57 Å². The molecule has 0 amide bonds. The van der Waals surface area contributed by atoms with Crippen molar-refractivity contribution in [3.05, 3.63) is 53.0 Å². The second-order valence-corrected chi connectivity index (χ2v) is 5.80. The molecule has 1 aromatic rings. The molecule has 0 saturated heterocycles. The normalized spacial score (nSPS) is 18.3. The van der Waals surface area contributed by atoms with Crippen molar-refractivity contribution in [3.8, 4) is 0 Å². The van der Waals surface area contributed by atoms with Gasteiger partial charge in [-0.1, -0.05) is 31.6 Å². The standard InChI is InChI=1S/C19H26O4/c1-3-4-15(11-16-6-7-17(13-21)23-16)5-8-19-18(9-10-22-19)14(2)12-20/h6-7,9,11,19-21H,2-5,8,10,12-13H2,1H3/b15-11+. The molecule has 1 atom stereocenters. The van der Waals surface area contributed by atoms with Gasteiger partial charge in [-0.3, -0.25) is 0 Å². The fourth-order valence-electron chi connectivity index (χ4n) is 2.84. The molecule has 4 nitrogen and oxygen atoms in total. The van der Waals surface area contributed by atoms with Crippen LogP contribution in [-0.4, -0.2) is 29.5 Å². The average molecular weight is 318 g/mol. The molecule has 4 heteroatoms. The highest BCUT2D eigenvalue weighted by atomic mass is 16.5. The summed E-state index contributed by atoms with van der Waals surface area (Å²) >= 11 is 0. The summed E-state index contributed by atoms with van der Waals surface area (Å²) in [6, 6.07) is 3.67. The fourth-order valence-corrected chi connectivity index (χ4v) is 2.84. The molecule has 0 radical (unpaired) electrons. The number of hydrogen-bond donors (Lipinski definition) is 2. The number of furan rings is 1. The molecule has 2 heterocycles. The van der Waals surface area contributed by atoms with E-state index in [1.807, 2.05) is 12.1 Å². The molecule has 0 fully saturated rings. The number of aliphatic hydroxyl groups excluding tert-OH is 2. The van der Waals surface area contributed by atoms with E-state index in [1.54, 1.807) is 6.07 Å². The van der Waals surface area contributed by atoms with Crippen molar-refractivity contribution in [2.24, 2.45) is 0 Å². The Hall–Kier alpha value is -1.62. The lowest BCUT2D eigenvalue weighted by Crippen LogP contribution is -2.13. The monoisotopic (exact) mass is 318 g/mol. The molecule has 2 rings (SSSR count). The lowest BCUT2D eigenvalue weighted by atomic mass is 9.96. The van der Waals surface area contributed by atoms with Gasteiger partial charge in [0.15, 0.2) is 0 Å². The Labute approximate surface area is 137 Å². The molecule has 0 spiro atoms. The molecular formula is C19H26O4. The smallest absolute Gasteiger partial charge is 0.130 e. The van der Waals surface area contributed by atoms with Gasteiger partial charge in [0, 0.05) is 0 Å². The summed E-state index contributed by atoms with van der Waals surface area (Å²) in [6.45, 7) is 6.53. The number of rotatable bonds is 9. The first-order chi connectivity index (χ1) is 11.2. The second kappa shape index (κ2) is 8.87. The predicted octanol–water partition coefficient (Wildman–Crippen LogP) is 3.61. The second-order valence-electron chi connectivity index (χ2n) is 5.80. The van der Waals surface area contributed by atoms with E-state index < -0.39 is 0 Å². The van der Waals surface area contributed by atoms with Crippen LogP contribution in [0.4, 0.5) is 0 Å². The summed E-state index contributed by atoms with van der Waals surface area (Å²) in [5, 5.41) is 18.3. The molecule has 0 saturated carbocycles. The SMILES string of the molecule is C=C(CO)C1=CCOC1CC/C(=C/c1ccc(CO)o1)CCC. The van der Waals surface area contributed by atoms with Gasteiger partial charge >= 0.3 is 0 Å². The third-order valence-corrected chi connectivity index (χ3v) is 4.03. The molecule has 0 aromatic carbocycles. The maximum Gasteiger partial charge on any atom is 0.130 e. The van der Waals surface area contributed by atoms with Crippen molar-refractivity contribution < 1.29 is 19.4 Å². The van der Waals surface area contributed by atoms with Crippen LogP contribution in [0.2, 0.25) is 0 Å². The van der Waals surface area contributed by atoms with E-state index >= 15 is 0 Å². The molecule has 2 N–H and O–H groups in total. The Balaban J connectivity index is 1.99. The molecule has 1 aliphatic heterocycles. The van der Waals surface area contributed by atoms with E-state index in [0.29, 0.717) is 12.4 Å². The van der Waals surface area contributed by atoms with Gasteiger partial charge in [-0.05, 0) is 48.6 Å². The highest BCUT2D eigenvalue weighted by molar-refractivity contribution is 5.48. The first-order valence-corrected chi connectivity index (χ1v) is 8.17. The number of allylic oxidation sites excluding steroid dienone is 1. The number of aliphatic hydroxyl groups is 2. The lowest BCUT2D eigenvalue weighted by Gasteiger charge is -2.16. The third-order valence-electron chi connectivity index (χ3n) is 4.03. The summed E-state index contributed by atoms with van der Waals surface area (Å²) in [5.74, 6) is 1.36. The highest BCUT2D eigenvalue weighted by Gasteiger charge is 2.21. The fraction of sp³-hybridized carbons (Fsp3) is 0.474. The Kier molecular flexibility index (Phi) is 6.84. The Morgan fingerprint density at radius 1 is 1.35 bits per heavy atom. The van der Waals surface area contributed by atoms with E-state index in [0.717, 1.165) is 42.6 Å². The molecule has 1 unspecified atom stereocenters. The van der Waals surface area contributed by atoms with Crippen LogP contribution in [0.5, 0.6) is 0 Å². The topological polar surface area (TPSA) is 62.8 Å². The van der Waals surface area contributed by atoms with Crippen molar-refractivity contribution in [1.29, 1.82) is 0 Å². The van der Waals surface area contributed by atoms with Crippen LogP contribution in [0, 0.1) is 0 Å². The minimum Gasteiger partial charge on any atom is -0.459 e. The summed E-state index contributed by atoms with van der Waals surface area (Å²) in [6.07, 6.45) is 7.92. The van der Waals surface area contributed by atoms with Gasteiger partial charge in [0.1, 0.15) is 18.1 Å². The number of hydrogen-bond acceptors (Lipinski definition) is 4. The zero-order valence-electron chi connectivity index (χ0n) is 13.8. The largest absolute Gasteiger partial charge is 0.459 e. The van der Waals surface area contributed by atoms with Crippen LogP contribution >= 0.6 is 0 Å². The summed E-state index contributed by atoms with van der Waals surface area (Å²) in [5.41, 5.74) is 3.08. The molecule has 1 aromatic heterocycles. The number of ether oxygens (including phenoxy) is 1. The van der Waals surface area contributed by atoms with Crippen molar-refractivity contribution in [2.75, 3.05) is 13.2 Å². The van der Waals surface area contributed by atoms with Crippen molar-refractivity contribution in [1.82, 2.24) is 0 Å². The van der Waals surface area contributed by atoms with Crippen molar-refractivity contribution in [3.63, 3.8) is 0 Å². The minimum absolute atomic E-state index is 0.0134. The lowest BCUT2D eigenvalue weighted by molar-refractivity contribution is 0.115. The van der Waals surface area contributed by atoms with Gasteiger partial charge in [-0.2, -0.15) is 0 Å². The van der Waals surface area contributed by atoms with E-state index in [9.17, 15) is 5.11 Å². The Morgan fingerprint density at radius 3 is 2.83 bits per heavy atom. The van der Waals surface area contributed by atoms with Crippen LogP contribution in [0.15, 0.2) is 45.9 Å². The average Bonchev–Trinajstić information content (AvgIpc) is 3.21. The van der Waals surface area contributed by atoms with Crippen LogP contribution in [0.1, 0.15) is 44.1 Å². The minimum atomic E-state index is -0.0791. The van der Waals surface area contributed by atoms with Crippen LogP contribution < -0.4 is 0 Å². The first-order valence-electron chi connectivity index (χ1n) is 8.17. The summed E-state index contributed by atoms with van der Waals surface area (Å²) in [4.78, 5) is 0. The molecule has 1 aliphatic rings. The Bertz CT molecular complexity index is 580. The molecule has 23 heavy (non-hydrogen) atoms. The third kappa shape index (κ3) is 4.93. The maximum atomic E-state index is 9.26.